The molecule has 0 aromatic carbocycles. The maximum Gasteiger partial charge on any atom is 0.410 e. The third kappa shape index (κ3) is 5.18. The summed E-state index contributed by atoms with van der Waals surface area (Å²) < 4.78 is 8.42. The molecule has 0 atom stereocenters. The summed E-state index contributed by atoms with van der Waals surface area (Å²) >= 11 is 6.18. The minimum absolute atomic E-state index is 0.0848. The Hall–Kier alpha value is -1.76. The van der Waals surface area contributed by atoms with Crippen molar-refractivity contribution in [2.24, 2.45) is 5.41 Å². The van der Waals surface area contributed by atoms with Gasteiger partial charge in [-0.05, 0) is 71.1 Å². The zero-order valence-electron chi connectivity index (χ0n) is 19.4. The molecule has 0 unspecified atom stereocenters. The minimum Gasteiger partial charge on any atom is -0.444 e. The summed E-state index contributed by atoms with van der Waals surface area (Å²) in [7, 11) is 1.81. The van der Waals surface area contributed by atoms with Gasteiger partial charge >= 0.3 is 11.8 Å². The summed E-state index contributed by atoms with van der Waals surface area (Å²) in [5.41, 5.74) is -0.891. The molecule has 8 heteroatoms. The quantitative estimate of drug-likeness (QED) is 0.611. The Morgan fingerprint density at radius 1 is 1.26 bits per heavy atom. The number of aromatic nitrogens is 2. The predicted octanol–water partition coefficient (Wildman–Crippen LogP) is 4.59. The first kappa shape index (κ1) is 23.9. The number of hydrogen-bond acceptors (Lipinski definition) is 4. The molecule has 1 heterocycles. The van der Waals surface area contributed by atoms with E-state index < -0.39 is 5.60 Å². The van der Waals surface area contributed by atoms with Gasteiger partial charge in [0.1, 0.15) is 10.8 Å². The van der Waals surface area contributed by atoms with Crippen LogP contribution in [0.3, 0.4) is 0 Å². The Kier molecular flexibility index (Phi) is 6.94. The molecule has 174 valence electrons. The summed E-state index contributed by atoms with van der Waals surface area (Å²) in [6.45, 7) is 8.21. The van der Waals surface area contributed by atoms with Crippen molar-refractivity contribution in [3.8, 4) is 0 Å². The van der Waals surface area contributed by atoms with Crippen molar-refractivity contribution in [1.29, 1.82) is 0 Å². The summed E-state index contributed by atoms with van der Waals surface area (Å²) in [5.74, 6) is 0. The van der Waals surface area contributed by atoms with E-state index in [9.17, 15) is 14.4 Å². The molecule has 2 aliphatic rings. The van der Waals surface area contributed by atoms with Crippen LogP contribution in [-0.2, 0) is 11.3 Å². The molecule has 1 aromatic heterocycles. The molecule has 0 aliphatic heterocycles. The standard InChI is InChI=1S/C23H36ClN3O4/c1-6-7-12-26-18(24)13-19(28)27(20(26)29)16-8-10-23(11-9-16)14-17(15-23)25(5)21(30)31-22(2,3)4/h13,16-17H,6-12,14-15H2,1-5H3. The van der Waals surface area contributed by atoms with Crippen LogP contribution >= 0.6 is 11.6 Å². The van der Waals surface area contributed by atoms with Crippen LogP contribution in [0.2, 0.25) is 5.15 Å². The molecule has 0 N–H and O–H groups in total. The van der Waals surface area contributed by atoms with Crippen molar-refractivity contribution >= 4 is 17.7 Å². The summed E-state index contributed by atoms with van der Waals surface area (Å²) in [5, 5.41) is 0.221. The smallest absolute Gasteiger partial charge is 0.410 e. The molecule has 7 nitrogen and oxygen atoms in total. The van der Waals surface area contributed by atoms with E-state index in [2.05, 4.69) is 6.92 Å². The number of carbonyl (C=O) groups excluding carboxylic acids is 1. The summed E-state index contributed by atoms with van der Waals surface area (Å²) in [4.78, 5) is 39.6. The molecule has 0 saturated heterocycles. The van der Waals surface area contributed by atoms with Gasteiger partial charge in [-0.1, -0.05) is 24.9 Å². The number of nitrogens with zero attached hydrogens (tertiary/aromatic N) is 3. The second-order valence-electron chi connectivity index (χ2n) is 10.3. The Balaban J connectivity index is 1.63. The summed E-state index contributed by atoms with van der Waals surface area (Å²) in [6, 6.07) is 1.48. The number of carbonyl (C=O) groups is 1. The minimum atomic E-state index is -0.499. The van der Waals surface area contributed by atoms with Gasteiger partial charge in [-0.2, -0.15) is 0 Å². The van der Waals surface area contributed by atoms with Crippen molar-refractivity contribution in [2.45, 2.75) is 103 Å². The van der Waals surface area contributed by atoms with Crippen LogP contribution in [0.4, 0.5) is 4.79 Å². The van der Waals surface area contributed by atoms with Gasteiger partial charge in [-0.15, -0.1) is 0 Å². The van der Waals surface area contributed by atoms with Gasteiger partial charge < -0.3 is 9.64 Å². The Morgan fingerprint density at radius 3 is 2.42 bits per heavy atom. The third-order valence-electron chi connectivity index (χ3n) is 6.86. The lowest BCUT2D eigenvalue weighted by Crippen LogP contribution is -2.54. The van der Waals surface area contributed by atoms with Crippen LogP contribution in [0.1, 0.15) is 85.1 Å². The van der Waals surface area contributed by atoms with E-state index in [1.54, 1.807) is 4.90 Å². The van der Waals surface area contributed by atoms with Gasteiger partial charge in [-0.25, -0.2) is 9.59 Å². The van der Waals surface area contributed by atoms with Crippen molar-refractivity contribution < 1.29 is 9.53 Å². The lowest BCUT2D eigenvalue weighted by Gasteiger charge is -2.54. The highest BCUT2D eigenvalue weighted by molar-refractivity contribution is 6.29. The molecule has 0 radical (unpaired) electrons. The number of halogens is 1. The Bertz CT molecular complexity index is 914. The van der Waals surface area contributed by atoms with Gasteiger partial charge in [0.25, 0.3) is 5.56 Å². The fourth-order valence-electron chi connectivity index (χ4n) is 5.00. The Morgan fingerprint density at radius 2 is 1.87 bits per heavy atom. The third-order valence-corrected chi connectivity index (χ3v) is 7.17. The first-order valence-corrected chi connectivity index (χ1v) is 11.8. The molecule has 2 saturated carbocycles. The molecule has 1 amide bonds. The first-order valence-electron chi connectivity index (χ1n) is 11.4. The molecule has 2 fully saturated rings. The largest absolute Gasteiger partial charge is 0.444 e. The molecule has 2 aliphatic carbocycles. The van der Waals surface area contributed by atoms with Crippen molar-refractivity contribution in [3.05, 3.63) is 32.1 Å². The van der Waals surface area contributed by atoms with E-state index >= 15 is 0 Å². The van der Waals surface area contributed by atoms with Gasteiger partial charge in [0.15, 0.2) is 0 Å². The number of amides is 1. The van der Waals surface area contributed by atoms with Crippen LogP contribution in [0.15, 0.2) is 15.7 Å². The van der Waals surface area contributed by atoms with Crippen molar-refractivity contribution in [1.82, 2.24) is 14.0 Å². The van der Waals surface area contributed by atoms with Gasteiger partial charge in [-0.3, -0.25) is 13.9 Å². The van der Waals surface area contributed by atoms with Crippen LogP contribution in [0.25, 0.3) is 0 Å². The average Bonchev–Trinajstić information content (AvgIpc) is 2.64. The molecule has 31 heavy (non-hydrogen) atoms. The highest BCUT2D eigenvalue weighted by Crippen LogP contribution is 2.54. The van der Waals surface area contributed by atoms with E-state index in [1.807, 2.05) is 27.8 Å². The molecule has 1 aromatic rings. The molecular weight excluding hydrogens is 418 g/mol. The van der Waals surface area contributed by atoms with E-state index in [1.165, 1.54) is 15.2 Å². The topological polar surface area (TPSA) is 73.5 Å². The highest BCUT2D eigenvalue weighted by atomic mass is 35.5. The zero-order chi connectivity index (χ0) is 23.0. The van der Waals surface area contributed by atoms with Gasteiger partial charge in [0, 0.05) is 31.7 Å². The van der Waals surface area contributed by atoms with Crippen LogP contribution in [-0.4, -0.2) is 38.8 Å². The normalized spacial score (nSPS) is 25.9. The lowest BCUT2D eigenvalue weighted by atomic mass is 9.57. The van der Waals surface area contributed by atoms with Crippen LogP contribution < -0.4 is 11.2 Å². The van der Waals surface area contributed by atoms with Gasteiger partial charge in [0.05, 0.1) is 0 Å². The second-order valence-corrected chi connectivity index (χ2v) is 10.7. The number of ether oxygens (including phenoxy) is 1. The SMILES string of the molecule is CCCCn1c(Cl)cc(=O)n(C2CCC3(CC2)CC(N(C)C(=O)OC(C)(C)C)C3)c1=O. The van der Waals surface area contributed by atoms with E-state index in [4.69, 9.17) is 16.3 Å². The fraction of sp³-hybridized carbons (Fsp3) is 0.783. The van der Waals surface area contributed by atoms with Crippen molar-refractivity contribution in [3.63, 3.8) is 0 Å². The van der Waals surface area contributed by atoms with Crippen LogP contribution in [0.5, 0.6) is 0 Å². The number of hydrogen-bond donors (Lipinski definition) is 0. The molecule has 3 rings (SSSR count). The predicted molar refractivity (Wildman–Crippen MR) is 122 cm³/mol. The zero-order valence-corrected chi connectivity index (χ0v) is 20.2. The highest BCUT2D eigenvalue weighted by Gasteiger charge is 2.49. The summed E-state index contributed by atoms with van der Waals surface area (Å²) in [6.07, 6.45) is 6.93. The second kappa shape index (κ2) is 9.00. The molecule has 1 spiro atoms. The first-order chi connectivity index (χ1) is 14.5. The maximum atomic E-state index is 13.0. The molecule has 0 bridgehead atoms. The van der Waals surface area contributed by atoms with E-state index in [0.717, 1.165) is 51.4 Å². The van der Waals surface area contributed by atoms with E-state index in [0.29, 0.717) is 6.54 Å². The monoisotopic (exact) mass is 453 g/mol. The molecular formula is C23H36ClN3O4. The number of unbranched alkanes of at least 4 members (excludes halogenated alkanes) is 1. The van der Waals surface area contributed by atoms with E-state index in [-0.39, 0.29) is 40.0 Å². The number of rotatable bonds is 5. The fourth-order valence-corrected chi connectivity index (χ4v) is 5.25. The average molecular weight is 454 g/mol. The maximum absolute atomic E-state index is 13.0. The van der Waals surface area contributed by atoms with Crippen LogP contribution in [0, 0.1) is 5.41 Å². The van der Waals surface area contributed by atoms with Gasteiger partial charge in [0.2, 0.25) is 0 Å². The van der Waals surface area contributed by atoms with Crippen molar-refractivity contribution in [2.75, 3.05) is 7.05 Å². The lowest BCUT2D eigenvalue weighted by molar-refractivity contribution is -0.0383. The Labute approximate surface area is 189 Å².